The van der Waals surface area contributed by atoms with Crippen LogP contribution >= 0.6 is 11.6 Å². The van der Waals surface area contributed by atoms with Crippen molar-refractivity contribution >= 4 is 17.6 Å². The van der Waals surface area contributed by atoms with Crippen LogP contribution in [0, 0.1) is 0 Å². The van der Waals surface area contributed by atoms with E-state index in [2.05, 4.69) is 4.90 Å². The molecule has 0 aliphatic carbocycles. The SMILES string of the molecule is CC(C)(C)OC(=O)C[C@@H](Cc1cc2c(cc1Cl)OCO2)N1CCC1. The van der Waals surface area contributed by atoms with Crippen LogP contribution in [0.15, 0.2) is 12.1 Å². The molecule has 0 unspecified atom stereocenters. The molecule has 3 rings (SSSR count). The van der Waals surface area contributed by atoms with Gasteiger partial charge in [0.1, 0.15) is 5.60 Å². The summed E-state index contributed by atoms with van der Waals surface area (Å²) in [6, 6.07) is 3.80. The van der Waals surface area contributed by atoms with Crippen molar-refractivity contribution in [3.05, 3.63) is 22.7 Å². The summed E-state index contributed by atoms with van der Waals surface area (Å²) in [4.78, 5) is 14.6. The van der Waals surface area contributed by atoms with Crippen molar-refractivity contribution in [3.8, 4) is 11.5 Å². The smallest absolute Gasteiger partial charge is 0.307 e. The van der Waals surface area contributed by atoms with Crippen LogP contribution in [0.25, 0.3) is 0 Å². The van der Waals surface area contributed by atoms with Gasteiger partial charge in [-0.1, -0.05) is 11.6 Å². The predicted octanol–water partition coefficient (Wildman–Crippen LogP) is 3.42. The number of carbonyl (C=O) groups excluding carboxylic acids is 1. The molecule has 1 aromatic rings. The van der Waals surface area contributed by atoms with Gasteiger partial charge in [-0.25, -0.2) is 0 Å². The van der Waals surface area contributed by atoms with Gasteiger partial charge in [-0.15, -0.1) is 0 Å². The molecule has 0 aromatic heterocycles. The van der Waals surface area contributed by atoms with Crippen LogP contribution in [0.5, 0.6) is 11.5 Å². The molecule has 0 saturated carbocycles. The fraction of sp³-hybridized carbons (Fsp3) is 0.611. The molecule has 0 amide bonds. The van der Waals surface area contributed by atoms with Crippen molar-refractivity contribution in [2.24, 2.45) is 0 Å². The zero-order chi connectivity index (χ0) is 17.3. The Morgan fingerprint density at radius 3 is 2.54 bits per heavy atom. The Morgan fingerprint density at radius 1 is 1.29 bits per heavy atom. The molecular formula is C18H24ClNO4. The molecule has 0 N–H and O–H groups in total. The minimum atomic E-state index is -0.465. The Morgan fingerprint density at radius 2 is 1.96 bits per heavy atom. The Hall–Kier alpha value is -1.46. The fourth-order valence-corrected chi connectivity index (χ4v) is 3.21. The molecule has 1 fully saturated rings. The van der Waals surface area contributed by atoms with E-state index in [4.69, 9.17) is 25.8 Å². The average molecular weight is 354 g/mol. The van der Waals surface area contributed by atoms with Gasteiger partial charge < -0.3 is 14.2 Å². The predicted molar refractivity (Wildman–Crippen MR) is 91.7 cm³/mol. The summed E-state index contributed by atoms with van der Waals surface area (Å²) in [6.07, 6.45) is 2.22. The van der Waals surface area contributed by atoms with Crippen LogP contribution in [-0.2, 0) is 16.0 Å². The number of rotatable bonds is 5. The molecular weight excluding hydrogens is 330 g/mol. The lowest BCUT2D eigenvalue weighted by molar-refractivity contribution is -0.156. The zero-order valence-electron chi connectivity index (χ0n) is 14.4. The molecule has 6 heteroatoms. The standard InChI is InChI=1S/C18H24ClNO4/c1-18(2,3)24-17(21)9-13(20-5-4-6-20)7-12-8-15-16(10-14(12)19)23-11-22-15/h8,10,13H,4-7,9,11H2,1-3H3/t13-/m1/s1. The molecule has 2 heterocycles. The van der Waals surface area contributed by atoms with Crippen molar-refractivity contribution in [1.29, 1.82) is 0 Å². The molecule has 0 spiro atoms. The van der Waals surface area contributed by atoms with E-state index < -0.39 is 5.60 Å². The monoisotopic (exact) mass is 353 g/mol. The van der Waals surface area contributed by atoms with E-state index in [1.54, 1.807) is 6.07 Å². The van der Waals surface area contributed by atoms with Crippen LogP contribution in [-0.4, -0.2) is 42.4 Å². The van der Waals surface area contributed by atoms with E-state index in [0.717, 1.165) is 18.7 Å². The molecule has 132 valence electrons. The number of fused-ring (bicyclic) bond motifs is 1. The lowest BCUT2D eigenvalue weighted by atomic mass is 9.98. The molecule has 0 radical (unpaired) electrons. The summed E-state index contributed by atoms with van der Waals surface area (Å²) >= 11 is 6.39. The molecule has 1 atom stereocenters. The van der Waals surface area contributed by atoms with Crippen molar-refractivity contribution in [3.63, 3.8) is 0 Å². The number of ether oxygens (including phenoxy) is 3. The van der Waals surface area contributed by atoms with E-state index in [1.807, 2.05) is 26.8 Å². The van der Waals surface area contributed by atoms with E-state index in [1.165, 1.54) is 6.42 Å². The highest BCUT2D eigenvalue weighted by Gasteiger charge is 2.29. The quantitative estimate of drug-likeness (QED) is 0.759. The Labute approximate surface area is 147 Å². The third-order valence-electron chi connectivity index (χ3n) is 4.23. The largest absolute Gasteiger partial charge is 0.460 e. The number of likely N-dealkylation sites (tertiary alicyclic amines) is 1. The second-order valence-corrected chi connectivity index (χ2v) is 7.74. The van der Waals surface area contributed by atoms with Gasteiger partial charge in [-0.3, -0.25) is 9.69 Å². The third-order valence-corrected chi connectivity index (χ3v) is 4.58. The Balaban J connectivity index is 1.72. The number of nitrogens with zero attached hydrogens (tertiary/aromatic N) is 1. The molecule has 2 aliphatic heterocycles. The van der Waals surface area contributed by atoms with Gasteiger partial charge in [0.2, 0.25) is 6.79 Å². The van der Waals surface area contributed by atoms with E-state index in [0.29, 0.717) is 29.4 Å². The van der Waals surface area contributed by atoms with Crippen molar-refractivity contribution in [1.82, 2.24) is 4.90 Å². The number of esters is 1. The van der Waals surface area contributed by atoms with Crippen LogP contribution in [0.3, 0.4) is 0 Å². The van der Waals surface area contributed by atoms with Gasteiger partial charge >= 0.3 is 5.97 Å². The fourth-order valence-electron chi connectivity index (χ4n) is 2.98. The lowest BCUT2D eigenvalue weighted by Gasteiger charge is -2.38. The highest BCUT2D eigenvalue weighted by atomic mass is 35.5. The maximum Gasteiger partial charge on any atom is 0.307 e. The van der Waals surface area contributed by atoms with Gasteiger partial charge in [0.25, 0.3) is 0 Å². The zero-order valence-corrected chi connectivity index (χ0v) is 15.2. The number of benzene rings is 1. The van der Waals surface area contributed by atoms with E-state index >= 15 is 0 Å². The summed E-state index contributed by atoms with van der Waals surface area (Å²) in [7, 11) is 0. The normalized spacial score (nSPS) is 18.2. The van der Waals surface area contributed by atoms with Crippen molar-refractivity contribution in [2.45, 2.75) is 51.7 Å². The van der Waals surface area contributed by atoms with Gasteiger partial charge in [0.15, 0.2) is 11.5 Å². The van der Waals surface area contributed by atoms with E-state index in [-0.39, 0.29) is 18.8 Å². The van der Waals surface area contributed by atoms with Crippen molar-refractivity contribution in [2.75, 3.05) is 19.9 Å². The van der Waals surface area contributed by atoms with Gasteiger partial charge in [-0.2, -0.15) is 0 Å². The number of halogens is 1. The first kappa shape index (κ1) is 17.4. The van der Waals surface area contributed by atoms with E-state index in [9.17, 15) is 4.79 Å². The first-order chi connectivity index (χ1) is 11.3. The summed E-state index contributed by atoms with van der Waals surface area (Å²) < 4.78 is 16.3. The minimum Gasteiger partial charge on any atom is -0.460 e. The highest BCUT2D eigenvalue weighted by Crippen LogP contribution is 2.37. The lowest BCUT2D eigenvalue weighted by Crippen LogP contribution is -2.47. The summed E-state index contributed by atoms with van der Waals surface area (Å²) in [5.74, 6) is 1.22. The molecule has 24 heavy (non-hydrogen) atoms. The third kappa shape index (κ3) is 4.14. The topological polar surface area (TPSA) is 48.0 Å². The second kappa shape index (κ2) is 6.81. The van der Waals surface area contributed by atoms with Crippen LogP contribution < -0.4 is 9.47 Å². The van der Waals surface area contributed by atoms with Gasteiger partial charge in [-0.05, 0) is 58.3 Å². The first-order valence-electron chi connectivity index (χ1n) is 8.36. The number of hydrogen-bond donors (Lipinski definition) is 0. The molecule has 5 nitrogen and oxygen atoms in total. The molecule has 0 bridgehead atoms. The Bertz CT molecular complexity index is 622. The molecule has 2 aliphatic rings. The number of hydrogen-bond acceptors (Lipinski definition) is 5. The summed E-state index contributed by atoms with van der Waals surface area (Å²) in [5.41, 5.74) is 0.508. The maximum absolute atomic E-state index is 12.2. The van der Waals surface area contributed by atoms with Gasteiger partial charge in [0, 0.05) is 17.1 Å². The molecule has 1 aromatic carbocycles. The molecule has 1 saturated heterocycles. The highest BCUT2D eigenvalue weighted by molar-refractivity contribution is 6.31. The Kier molecular flexibility index (Phi) is 4.92. The summed E-state index contributed by atoms with van der Waals surface area (Å²) in [6.45, 7) is 7.91. The first-order valence-corrected chi connectivity index (χ1v) is 8.73. The van der Waals surface area contributed by atoms with Gasteiger partial charge in [0.05, 0.1) is 6.42 Å². The van der Waals surface area contributed by atoms with Crippen molar-refractivity contribution < 1.29 is 19.0 Å². The number of carbonyl (C=O) groups is 1. The second-order valence-electron chi connectivity index (χ2n) is 7.33. The average Bonchev–Trinajstić information content (AvgIpc) is 2.81. The van der Waals surface area contributed by atoms with Crippen LogP contribution in [0.1, 0.15) is 39.2 Å². The van der Waals surface area contributed by atoms with Crippen LogP contribution in [0.4, 0.5) is 0 Å². The van der Waals surface area contributed by atoms with Crippen LogP contribution in [0.2, 0.25) is 5.02 Å². The maximum atomic E-state index is 12.2. The minimum absolute atomic E-state index is 0.0893. The summed E-state index contributed by atoms with van der Waals surface area (Å²) in [5, 5.41) is 0.647.